The molecule has 5 rings (SSSR count). The van der Waals surface area contributed by atoms with Crippen LogP contribution in [0.15, 0.2) is 73.1 Å². The van der Waals surface area contributed by atoms with Crippen LogP contribution in [0.1, 0.15) is 10.4 Å². The number of carbonyl (C=O) groups is 1. The first kappa shape index (κ1) is 20.1. The lowest BCUT2D eigenvalue weighted by Gasteiger charge is -2.29. The number of benzene rings is 2. The summed E-state index contributed by atoms with van der Waals surface area (Å²) in [7, 11) is 0. The van der Waals surface area contributed by atoms with Gasteiger partial charge < -0.3 is 15.0 Å². The molecule has 7 heteroatoms. The predicted molar refractivity (Wildman–Crippen MR) is 122 cm³/mol. The van der Waals surface area contributed by atoms with Crippen LogP contribution in [0.2, 0.25) is 0 Å². The standard InChI is InChI=1S/C25H21FN4O2/c26-21-15-18(5-6-24(21)30-11-13-32-14-12-30)28-25(31)20-16-23(17-7-9-27-10-8-17)29-22-4-2-1-3-19(20)22/h1-10,15-16H,11-14H2,(H,28,31). The summed E-state index contributed by atoms with van der Waals surface area (Å²) in [6, 6.07) is 17.7. The Hall–Kier alpha value is -3.84. The van der Waals surface area contributed by atoms with Crippen molar-refractivity contribution < 1.29 is 13.9 Å². The molecule has 1 aliphatic heterocycles. The van der Waals surface area contributed by atoms with Crippen LogP contribution in [-0.4, -0.2) is 42.2 Å². The van der Waals surface area contributed by atoms with E-state index in [0.29, 0.717) is 54.5 Å². The van der Waals surface area contributed by atoms with Gasteiger partial charge in [-0.1, -0.05) is 18.2 Å². The number of ether oxygens (including phenoxy) is 1. The molecule has 32 heavy (non-hydrogen) atoms. The van der Waals surface area contributed by atoms with E-state index in [0.717, 1.165) is 10.9 Å². The minimum absolute atomic E-state index is 0.322. The molecule has 1 saturated heterocycles. The molecule has 0 atom stereocenters. The van der Waals surface area contributed by atoms with Crippen molar-refractivity contribution in [2.45, 2.75) is 0 Å². The van der Waals surface area contributed by atoms with Gasteiger partial charge in [0.05, 0.1) is 35.7 Å². The van der Waals surface area contributed by atoms with Crippen LogP contribution >= 0.6 is 0 Å². The van der Waals surface area contributed by atoms with Crippen LogP contribution < -0.4 is 10.2 Å². The van der Waals surface area contributed by atoms with Gasteiger partial charge >= 0.3 is 0 Å². The molecule has 0 unspecified atom stereocenters. The summed E-state index contributed by atoms with van der Waals surface area (Å²) in [5.74, 6) is -0.695. The van der Waals surface area contributed by atoms with Gasteiger partial charge in [0.1, 0.15) is 5.82 Å². The van der Waals surface area contributed by atoms with Gasteiger partial charge in [0, 0.05) is 42.1 Å². The van der Waals surface area contributed by atoms with Crippen LogP contribution in [-0.2, 0) is 4.74 Å². The second kappa shape index (κ2) is 8.72. The number of amides is 1. The molecular weight excluding hydrogens is 407 g/mol. The van der Waals surface area contributed by atoms with Gasteiger partial charge in [-0.05, 0) is 42.5 Å². The number of nitrogens with zero attached hydrogens (tertiary/aromatic N) is 3. The topological polar surface area (TPSA) is 67.4 Å². The zero-order valence-electron chi connectivity index (χ0n) is 17.3. The summed E-state index contributed by atoms with van der Waals surface area (Å²) in [5, 5.41) is 3.57. The van der Waals surface area contributed by atoms with Crippen LogP contribution in [0.4, 0.5) is 15.8 Å². The van der Waals surface area contributed by atoms with Crippen LogP contribution in [0, 0.1) is 5.82 Å². The molecule has 0 aliphatic carbocycles. The number of aromatic nitrogens is 2. The fraction of sp³-hybridized carbons (Fsp3) is 0.160. The minimum Gasteiger partial charge on any atom is -0.378 e. The molecule has 3 heterocycles. The van der Waals surface area contributed by atoms with E-state index in [4.69, 9.17) is 4.74 Å². The van der Waals surface area contributed by atoms with Crippen molar-refractivity contribution >= 4 is 28.2 Å². The zero-order valence-corrected chi connectivity index (χ0v) is 17.3. The van der Waals surface area contributed by atoms with Gasteiger partial charge in [-0.15, -0.1) is 0 Å². The van der Waals surface area contributed by atoms with E-state index < -0.39 is 0 Å². The van der Waals surface area contributed by atoms with Crippen molar-refractivity contribution in [3.63, 3.8) is 0 Å². The van der Waals surface area contributed by atoms with Gasteiger partial charge in [0.15, 0.2) is 0 Å². The molecular formula is C25H21FN4O2. The molecule has 2 aromatic carbocycles. The smallest absolute Gasteiger partial charge is 0.256 e. The molecule has 2 aromatic heterocycles. The van der Waals surface area contributed by atoms with Gasteiger partial charge in [-0.2, -0.15) is 0 Å². The summed E-state index contributed by atoms with van der Waals surface area (Å²) < 4.78 is 20.1. The molecule has 4 aromatic rings. The van der Waals surface area contributed by atoms with Crippen LogP contribution in [0.3, 0.4) is 0 Å². The molecule has 1 aliphatic rings. The Morgan fingerprint density at radius 3 is 2.56 bits per heavy atom. The van der Waals surface area contributed by atoms with Crippen molar-refractivity contribution in [2.24, 2.45) is 0 Å². The third-order valence-electron chi connectivity index (χ3n) is 5.49. The Kier molecular flexibility index (Phi) is 5.47. The average molecular weight is 428 g/mol. The van der Waals surface area contributed by atoms with E-state index in [2.05, 4.69) is 15.3 Å². The quantitative estimate of drug-likeness (QED) is 0.518. The number of hydrogen-bond acceptors (Lipinski definition) is 5. The van der Waals surface area contributed by atoms with Crippen molar-refractivity contribution in [1.29, 1.82) is 0 Å². The summed E-state index contributed by atoms with van der Waals surface area (Å²) in [4.78, 5) is 23.9. The van der Waals surface area contributed by atoms with Crippen LogP contribution in [0.5, 0.6) is 0 Å². The first-order valence-corrected chi connectivity index (χ1v) is 10.4. The van der Waals surface area contributed by atoms with Crippen molar-refractivity contribution in [3.05, 3.63) is 84.4 Å². The number of halogens is 1. The lowest BCUT2D eigenvalue weighted by Crippen LogP contribution is -2.36. The maximum Gasteiger partial charge on any atom is 0.256 e. The molecule has 0 saturated carbocycles. The highest BCUT2D eigenvalue weighted by atomic mass is 19.1. The Bertz CT molecular complexity index is 1270. The fourth-order valence-corrected chi connectivity index (χ4v) is 3.88. The number of hydrogen-bond donors (Lipinski definition) is 1. The highest BCUT2D eigenvalue weighted by Gasteiger charge is 2.18. The third-order valence-corrected chi connectivity index (χ3v) is 5.49. The highest BCUT2D eigenvalue weighted by Crippen LogP contribution is 2.27. The van der Waals surface area contributed by atoms with Crippen molar-refractivity contribution in [1.82, 2.24) is 9.97 Å². The van der Waals surface area contributed by atoms with Gasteiger partial charge in [0.25, 0.3) is 5.91 Å². The largest absolute Gasteiger partial charge is 0.378 e. The summed E-state index contributed by atoms with van der Waals surface area (Å²) >= 11 is 0. The monoisotopic (exact) mass is 428 g/mol. The molecule has 0 bridgehead atoms. The lowest BCUT2D eigenvalue weighted by atomic mass is 10.0. The van der Waals surface area contributed by atoms with E-state index in [1.54, 1.807) is 30.6 Å². The lowest BCUT2D eigenvalue weighted by molar-refractivity contribution is 0.102. The molecule has 1 fully saturated rings. The van der Waals surface area contributed by atoms with E-state index in [1.165, 1.54) is 6.07 Å². The Morgan fingerprint density at radius 2 is 1.78 bits per heavy atom. The normalized spacial score (nSPS) is 13.8. The first-order chi connectivity index (χ1) is 15.7. The van der Waals surface area contributed by atoms with E-state index >= 15 is 0 Å². The first-order valence-electron chi connectivity index (χ1n) is 10.4. The number of carbonyl (C=O) groups excluding carboxylic acids is 1. The van der Waals surface area contributed by atoms with E-state index in [-0.39, 0.29) is 11.7 Å². The molecule has 0 radical (unpaired) electrons. The number of anilines is 2. The molecule has 160 valence electrons. The van der Waals surface area contributed by atoms with Crippen molar-refractivity contribution in [3.8, 4) is 11.3 Å². The summed E-state index contributed by atoms with van der Waals surface area (Å²) in [6.07, 6.45) is 3.37. The molecule has 0 spiro atoms. The Morgan fingerprint density at radius 1 is 1.00 bits per heavy atom. The Labute approximate surface area is 184 Å². The van der Waals surface area contributed by atoms with E-state index in [1.807, 2.05) is 41.3 Å². The minimum atomic E-state index is -0.373. The number of nitrogens with one attached hydrogen (secondary N) is 1. The second-order valence-corrected chi connectivity index (χ2v) is 7.53. The summed E-state index contributed by atoms with van der Waals surface area (Å²) in [6.45, 7) is 2.44. The molecule has 1 amide bonds. The number of fused-ring (bicyclic) bond motifs is 1. The Balaban J connectivity index is 1.46. The summed E-state index contributed by atoms with van der Waals surface area (Å²) in [5.41, 5.74) is 3.63. The van der Waals surface area contributed by atoms with Crippen molar-refractivity contribution in [2.75, 3.05) is 36.5 Å². The average Bonchev–Trinajstić information content (AvgIpc) is 2.84. The molecule has 6 nitrogen and oxygen atoms in total. The number of rotatable bonds is 4. The highest BCUT2D eigenvalue weighted by molar-refractivity contribution is 6.13. The zero-order chi connectivity index (χ0) is 21.9. The molecule has 1 N–H and O–H groups in total. The second-order valence-electron chi connectivity index (χ2n) is 7.53. The number of morpholine rings is 1. The number of pyridine rings is 2. The van der Waals surface area contributed by atoms with Gasteiger partial charge in [-0.25, -0.2) is 9.37 Å². The fourth-order valence-electron chi connectivity index (χ4n) is 3.88. The van der Waals surface area contributed by atoms with Gasteiger partial charge in [-0.3, -0.25) is 9.78 Å². The van der Waals surface area contributed by atoms with Crippen LogP contribution in [0.25, 0.3) is 22.2 Å². The SMILES string of the molecule is O=C(Nc1ccc(N2CCOCC2)c(F)c1)c1cc(-c2ccncc2)nc2ccccc12. The third kappa shape index (κ3) is 4.02. The number of para-hydroxylation sites is 1. The van der Waals surface area contributed by atoms with Gasteiger partial charge in [0.2, 0.25) is 0 Å². The maximum absolute atomic E-state index is 14.8. The maximum atomic E-state index is 14.8. The predicted octanol–water partition coefficient (Wildman–Crippen LogP) is 4.52. The van der Waals surface area contributed by atoms with E-state index in [9.17, 15) is 9.18 Å².